The number of amides is 1. The Balaban J connectivity index is 1.24. The van der Waals surface area contributed by atoms with Crippen LogP contribution in [0.5, 0.6) is 5.75 Å². The fraction of sp³-hybridized carbons (Fsp3) is 0.429. The summed E-state index contributed by atoms with van der Waals surface area (Å²) in [7, 11) is 1.67. The van der Waals surface area contributed by atoms with Gasteiger partial charge in [-0.1, -0.05) is 5.16 Å². The van der Waals surface area contributed by atoms with Crippen LogP contribution in [0.1, 0.15) is 23.8 Å². The first-order valence-electron chi connectivity index (χ1n) is 9.99. The molecule has 1 aromatic carbocycles. The van der Waals surface area contributed by atoms with Gasteiger partial charge in [-0.25, -0.2) is 4.98 Å². The summed E-state index contributed by atoms with van der Waals surface area (Å²) in [6.45, 7) is 5.74. The predicted molar refractivity (Wildman–Crippen MR) is 113 cm³/mol. The number of carbonyl (C=O) groups is 1. The number of piperazine rings is 1. The van der Waals surface area contributed by atoms with Crippen molar-refractivity contribution in [3.05, 3.63) is 47.1 Å². The van der Waals surface area contributed by atoms with Gasteiger partial charge >= 0.3 is 0 Å². The number of aryl methyl sites for hydroxylation is 2. The number of hydrogen-bond donors (Lipinski definition) is 0. The summed E-state index contributed by atoms with van der Waals surface area (Å²) >= 11 is 1.65. The van der Waals surface area contributed by atoms with Crippen LogP contribution in [-0.2, 0) is 17.8 Å². The van der Waals surface area contributed by atoms with Gasteiger partial charge in [-0.05, 0) is 31.2 Å². The van der Waals surface area contributed by atoms with E-state index in [1.165, 1.54) is 0 Å². The topological polar surface area (TPSA) is 84.6 Å². The molecule has 8 nitrogen and oxygen atoms in total. The van der Waals surface area contributed by atoms with E-state index >= 15 is 0 Å². The third kappa shape index (κ3) is 5.03. The Morgan fingerprint density at radius 1 is 1.17 bits per heavy atom. The van der Waals surface area contributed by atoms with Crippen molar-refractivity contribution >= 4 is 17.2 Å². The molecule has 1 saturated heterocycles. The number of aromatic nitrogens is 3. The van der Waals surface area contributed by atoms with E-state index in [0.717, 1.165) is 54.7 Å². The Bertz CT molecular complexity index is 977. The summed E-state index contributed by atoms with van der Waals surface area (Å²) in [4.78, 5) is 25.6. The molecule has 0 saturated carbocycles. The van der Waals surface area contributed by atoms with Crippen molar-refractivity contribution in [3.8, 4) is 16.3 Å². The summed E-state index contributed by atoms with van der Waals surface area (Å²) in [5.41, 5.74) is 2.16. The average Bonchev–Trinajstić information content (AvgIpc) is 3.41. The van der Waals surface area contributed by atoms with E-state index in [2.05, 4.69) is 20.4 Å². The van der Waals surface area contributed by atoms with Crippen molar-refractivity contribution < 1.29 is 14.1 Å². The minimum atomic E-state index is 0.140. The second-order valence-corrected chi connectivity index (χ2v) is 8.12. The lowest BCUT2D eigenvalue weighted by atomic mass is 10.2. The minimum absolute atomic E-state index is 0.140. The van der Waals surface area contributed by atoms with Crippen LogP contribution < -0.4 is 4.74 Å². The van der Waals surface area contributed by atoms with Crippen LogP contribution in [0.4, 0.5) is 0 Å². The van der Waals surface area contributed by atoms with E-state index in [4.69, 9.17) is 14.2 Å². The van der Waals surface area contributed by atoms with Gasteiger partial charge in [0.25, 0.3) is 0 Å². The largest absolute Gasteiger partial charge is 0.497 e. The highest BCUT2D eigenvalue weighted by molar-refractivity contribution is 7.13. The van der Waals surface area contributed by atoms with Crippen molar-refractivity contribution in [1.82, 2.24) is 24.9 Å². The van der Waals surface area contributed by atoms with E-state index in [1.807, 2.05) is 29.2 Å². The van der Waals surface area contributed by atoms with Crippen LogP contribution in [0.3, 0.4) is 0 Å². The molecule has 3 heterocycles. The van der Waals surface area contributed by atoms with Gasteiger partial charge in [0.1, 0.15) is 10.8 Å². The third-order valence-electron chi connectivity index (χ3n) is 5.12. The number of benzene rings is 1. The molecule has 0 spiro atoms. The molecule has 0 radical (unpaired) electrons. The molecule has 0 aliphatic carbocycles. The fourth-order valence-electron chi connectivity index (χ4n) is 3.44. The maximum atomic E-state index is 12.4. The number of rotatable bonds is 7. The first-order chi connectivity index (χ1) is 14.6. The quantitative estimate of drug-likeness (QED) is 0.573. The van der Waals surface area contributed by atoms with Gasteiger partial charge in [0.2, 0.25) is 11.8 Å². The van der Waals surface area contributed by atoms with E-state index in [9.17, 15) is 4.79 Å². The van der Waals surface area contributed by atoms with E-state index in [0.29, 0.717) is 24.6 Å². The Hall–Kier alpha value is -2.78. The van der Waals surface area contributed by atoms with Crippen molar-refractivity contribution in [1.29, 1.82) is 0 Å². The summed E-state index contributed by atoms with van der Waals surface area (Å²) in [5.74, 6) is 2.11. The van der Waals surface area contributed by atoms with Gasteiger partial charge in [-0.2, -0.15) is 4.98 Å². The van der Waals surface area contributed by atoms with Gasteiger partial charge in [0.05, 0.1) is 12.8 Å². The molecule has 0 N–H and O–H groups in total. The molecule has 30 heavy (non-hydrogen) atoms. The minimum Gasteiger partial charge on any atom is -0.497 e. The van der Waals surface area contributed by atoms with Crippen molar-refractivity contribution in [2.24, 2.45) is 0 Å². The highest BCUT2D eigenvalue weighted by atomic mass is 32.1. The first-order valence-corrected chi connectivity index (χ1v) is 10.9. The van der Waals surface area contributed by atoms with Crippen LogP contribution in [0.15, 0.2) is 34.2 Å². The maximum absolute atomic E-state index is 12.4. The fourth-order valence-corrected chi connectivity index (χ4v) is 4.26. The van der Waals surface area contributed by atoms with Gasteiger partial charge in [-0.15, -0.1) is 11.3 Å². The molecule has 1 aliphatic rings. The highest BCUT2D eigenvalue weighted by Gasteiger charge is 2.22. The molecule has 9 heteroatoms. The smallest absolute Gasteiger partial charge is 0.227 e. The van der Waals surface area contributed by atoms with Crippen molar-refractivity contribution in [2.45, 2.75) is 26.3 Å². The van der Waals surface area contributed by atoms with E-state index < -0.39 is 0 Å². The number of carbonyl (C=O) groups excluding carboxylic acids is 1. The molecular formula is C21H25N5O3S. The van der Waals surface area contributed by atoms with Crippen molar-refractivity contribution in [2.75, 3.05) is 33.3 Å². The van der Waals surface area contributed by atoms with Gasteiger partial charge in [0.15, 0.2) is 5.82 Å². The number of thiazole rings is 1. The Labute approximate surface area is 179 Å². The second kappa shape index (κ2) is 9.36. The summed E-state index contributed by atoms with van der Waals surface area (Å²) in [6.07, 6.45) is 0.895. The summed E-state index contributed by atoms with van der Waals surface area (Å²) in [6, 6.07) is 7.96. The second-order valence-electron chi connectivity index (χ2n) is 7.26. The van der Waals surface area contributed by atoms with Gasteiger partial charge < -0.3 is 14.2 Å². The molecular weight excluding hydrogens is 402 g/mol. The first kappa shape index (κ1) is 20.5. The number of hydrogen-bond acceptors (Lipinski definition) is 8. The molecule has 1 fully saturated rings. The predicted octanol–water partition coefficient (Wildman–Crippen LogP) is 2.79. The zero-order valence-corrected chi connectivity index (χ0v) is 18.0. The molecule has 0 bridgehead atoms. The number of methoxy groups -OCH3 is 1. The summed E-state index contributed by atoms with van der Waals surface area (Å²) < 4.78 is 10.3. The van der Waals surface area contributed by atoms with Crippen LogP contribution in [0.2, 0.25) is 0 Å². The van der Waals surface area contributed by atoms with Crippen LogP contribution >= 0.6 is 11.3 Å². The highest BCUT2D eigenvalue weighted by Crippen LogP contribution is 2.26. The molecule has 0 unspecified atom stereocenters. The van der Waals surface area contributed by atoms with Gasteiger partial charge in [-0.3, -0.25) is 9.69 Å². The average molecular weight is 428 g/mol. The molecule has 158 valence electrons. The lowest BCUT2D eigenvalue weighted by molar-refractivity contribution is -0.133. The molecule has 0 atom stereocenters. The van der Waals surface area contributed by atoms with E-state index in [-0.39, 0.29) is 5.91 Å². The Morgan fingerprint density at radius 2 is 1.93 bits per heavy atom. The lowest BCUT2D eigenvalue weighted by Crippen LogP contribution is -2.48. The molecule has 3 aromatic rings. The maximum Gasteiger partial charge on any atom is 0.227 e. The standard InChI is InChI=1S/C21H25N5O3S/c1-15-22-19(29-24-15)7-8-20(27)26-11-9-25(10-12-26)13-17-14-30-21(23-17)16-3-5-18(28-2)6-4-16/h3-6,14H,7-13H2,1-2H3. The van der Waals surface area contributed by atoms with Crippen LogP contribution in [0, 0.1) is 6.92 Å². The molecule has 2 aromatic heterocycles. The van der Waals surface area contributed by atoms with Crippen LogP contribution in [0.25, 0.3) is 10.6 Å². The lowest BCUT2D eigenvalue weighted by Gasteiger charge is -2.34. The number of nitrogens with zero attached hydrogens (tertiary/aromatic N) is 5. The molecule has 1 amide bonds. The van der Waals surface area contributed by atoms with Crippen molar-refractivity contribution in [3.63, 3.8) is 0 Å². The van der Waals surface area contributed by atoms with Crippen LogP contribution in [-0.4, -0.2) is 64.1 Å². The Kier molecular flexibility index (Phi) is 6.39. The summed E-state index contributed by atoms with van der Waals surface area (Å²) in [5, 5.41) is 6.88. The molecule has 4 rings (SSSR count). The zero-order valence-electron chi connectivity index (χ0n) is 17.2. The third-order valence-corrected chi connectivity index (χ3v) is 6.06. The van der Waals surface area contributed by atoms with E-state index in [1.54, 1.807) is 25.4 Å². The zero-order chi connectivity index (χ0) is 20.9. The van der Waals surface area contributed by atoms with Gasteiger partial charge in [0, 0.05) is 56.5 Å². The molecule has 1 aliphatic heterocycles. The number of ether oxygens (including phenoxy) is 1. The Morgan fingerprint density at radius 3 is 2.60 bits per heavy atom. The normalized spacial score (nSPS) is 14.8. The SMILES string of the molecule is COc1ccc(-c2nc(CN3CCN(C(=O)CCc4nc(C)no4)CC3)cs2)cc1. The monoisotopic (exact) mass is 427 g/mol.